The number of benzene rings is 1. The quantitative estimate of drug-likeness (QED) is 0.600. The normalized spacial score (nSPS) is 18.4. The van der Waals surface area contributed by atoms with Crippen LogP contribution in [0.15, 0.2) is 30.3 Å². The summed E-state index contributed by atoms with van der Waals surface area (Å²) in [6, 6.07) is 5.44. The molecule has 1 saturated heterocycles. The third-order valence-corrected chi connectivity index (χ3v) is 4.68. The standard InChI is InChI=1S/C20H27N3O5/c1-12(2)10-14(21)18(25)23(19(26)15-8-9-17(24)22-15)16(20(27)28)11-13-6-4-3-5-7-13/h3-7,12,14-16H,8-11,21H2,1-2H3,(H,22,24)(H,27,28). The summed E-state index contributed by atoms with van der Waals surface area (Å²) in [6.45, 7) is 3.77. The van der Waals surface area contributed by atoms with E-state index in [4.69, 9.17) is 5.73 Å². The van der Waals surface area contributed by atoms with E-state index < -0.39 is 35.9 Å². The first-order chi connectivity index (χ1) is 13.2. The number of carboxylic acid groups (broad SMARTS) is 1. The van der Waals surface area contributed by atoms with Gasteiger partial charge >= 0.3 is 5.97 Å². The number of hydrogen-bond acceptors (Lipinski definition) is 5. The molecule has 1 heterocycles. The lowest BCUT2D eigenvalue weighted by molar-refractivity contribution is -0.159. The second-order valence-electron chi connectivity index (χ2n) is 7.49. The van der Waals surface area contributed by atoms with Crippen molar-refractivity contribution in [3.8, 4) is 0 Å². The van der Waals surface area contributed by atoms with E-state index in [9.17, 15) is 24.3 Å². The first-order valence-electron chi connectivity index (χ1n) is 9.39. The minimum absolute atomic E-state index is 0.0390. The Morgan fingerprint density at radius 1 is 1.25 bits per heavy atom. The van der Waals surface area contributed by atoms with Crippen LogP contribution < -0.4 is 11.1 Å². The van der Waals surface area contributed by atoms with Crippen LogP contribution in [0.2, 0.25) is 0 Å². The number of carboxylic acids is 1. The monoisotopic (exact) mass is 389 g/mol. The van der Waals surface area contributed by atoms with Crippen LogP contribution in [0.5, 0.6) is 0 Å². The van der Waals surface area contributed by atoms with Gasteiger partial charge in [-0.2, -0.15) is 0 Å². The van der Waals surface area contributed by atoms with E-state index in [1.165, 1.54) is 0 Å². The Kier molecular flexibility index (Phi) is 7.28. The number of imide groups is 1. The molecule has 0 bridgehead atoms. The lowest BCUT2D eigenvalue weighted by atomic mass is 9.99. The number of rotatable bonds is 8. The average Bonchev–Trinajstić information content (AvgIpc) is 3.07. The van der Waals surface area contributed by atoms with E-state index in [1.807, 2.05) is 13.8 Å². The maximum atomic E-state index is 13.0. The maximum absolute atomic E-state index is 13.0. The molecule has 1 fully saturated rings. The topological polar surface area (TPSA) is 130 Å². The van der Waals surface area contributed by atoms with Crippen molar-refractivity contribution < 1.29 is 24.3 Å². The van der Waals surface area contributed by atoms with Gasteiger partial charge in [-0.3, -0.25) is 19.3 Å². The molecule has 8 nitrogen and oxygen atoms in total. The summed E-state index contributed by atoms with van der Waals surface area (Å²) in [6.07, 6.45) is 0.658. The van der Waals surface area contributed by atoms with Crippen LogP contribution in [0.1, 0.15) is 38.7 Å². The maximum Gasteiger partial charge on any atom is 0.327 e. The van der Waals surface area contributed by atoms with Gasteiger partial charge in [0.25, 0.3) is 5.91 Å². The fourth-order valence-electron chi connectivity index (χ4n) is 3.30. The molecule has 0 saturated carbocycles. The molecule has 1 aromatic carbocycles. The third-order valence-electron chi connectivity index (χ3n) is 4.68. The van der Waals surface area contributed by atoms with E-state index in [0.717, 1.165) is 4.90 Å². The zero-order valence-electron chi connectivity index (χ0n) is 16.1. The van der Waals surface area contributed by atoms with Crippen molar-refractivity contribution in [3.05, 3.63) is 35.9 Å². The Morgan fingerprint density at radius 3 is 2.39 bits per heavy atom. The molecule has 1 aliphatic heterocycles. The van der Waals surface area contributed by atoms with Crippen LogP contribution in [0, 0.1) is 5.92 Å². The molecule has 28 heavy (non-hydrogen) atoms. The van der Waals surface area contributed by atoms with Crippen molar-refractivity contribution in [3.63, 3.8) is 0 Å². The highest BCUT2D eigenvalue weighted by Crippen LogP contribution is 2.18. The van der Waals surface area contributed by atoms with E-state index in [0.29, 0.717) is 12.0 Å². The predicted octanol–water partition coefficient (Wildman–Crippen LogP) is 0.690. The molecule has 8 heteroatoms. The highest BCUT2D eigenvalue weighted by Gasteiger charge is 2.41. The summed E-state index contributed by atoms with van der Waals surface area (Å²) >= 11 is 0. The number of amides is 3. The summed E-state index contributed by atoms with van der Waals surface area (Å²) in [5.41, 5.74) is 6.66. The molecule has 3 atom stereocenters. The fourth-order valence-corrected chi connectivity index (χ4v) is 3.30. The molecular formula is C20H27N3O5. The molecule has 152 valence electrons. The molecule has 0 aliphatic carbocycles. The Labute approximate surface area is 164 Å². The van der Waals surface area contributed by atoms with Gasteiger partial charge in [0.2, 0.25) is 11.8 Å². The Morgan fingerprint density at radius 2 is 1.89 bits per heavy atom. The minimum atomic E-state index is -1.40. The van der Waals surface area contributed by atoms with Crippen LogP contribution in [0.25, 0.3) is 0 Å². The van der Waals surface area contributed by atoms with Gasteiger partial charge in [-0.1, -0.05) is 44.2 Å². The number of nitrogens with one attached hydrogen (secondary N) is 1. The highest BCUT2D eigenvalue weighted by molar-refractivity contribution is 6.04. The van der Waals surface area contributed by atoms with Gasteiger partial charge in [0, 0.05) is 12.8 Å². The van der Waals surface area contributed by atoms with Crippen molar-refractivity contribution in [2.75, 3.05) is 0 Å². The third kappa shape index (κ3) is 5.39. The van der Waals surface area contributed by atoms with Crippen molar-refractivity contribution in [2.24, 2.45) is 11.7 Å². The summed E-state index contributed by atoms with van der Waals surface area (Å²) in [7, 11) is 0. The summed E-state index contributed by atoms with van der Waals surface area (Å²) in [4.78, 5) is 50.3. The molecule has 4 N–H and O–H groups in total. The molecule has 0 aromatic heterocycles. The van der Waals surface area contributed by atoms with E-state index >= 15 is 0 Å². The van der Waals surface area contributed by atoms with E-state index in [1.54, 1.807) is 30.3 Å². The van der Waals surface area contributed by atoms with Crippen molar-refractivity contribution in [1.82, 2.24) is 10.2 Å². The van der Waals surface area contributed by atoms with Crippen LogP contribution in [-0.2, 0) is 25.6 Å². The van der Waals surface area contributed by atoms with Crippen molar-refractivity contribution in [1.29, 1.82) is 0 Å². The van der Waals surface area contributed by atoms with Crippen LogP contribution >= 0.6 is 0 Å². The van der Waals surface area contributed by atoms with Gasteiger partial charge in [0.05, 0.1) is 6.04 Å². The predicted molar refractivity (Wildman–Crippen MR) is 102 cm³/mol. The van der Waals surface area contributed by atoms with E-state index in [-0.39, 0.29) is 31.1 Å². The summed E-state index contributed by atoms with van der Waals surface area (Å²) < 4.78 is 0. The molecule has 2 rings (SSSR count). The summed E-state index contributed by atoms with van der Waals surface area (Å²) in [5.74, 6) is -2.96. The van der Waals surface area contributed by atoms with Crippen LogP contribution in [0.4, 0.5) is 0 Å². The molecule has 3 amide bonds. The number of carbonyl (C=O) groups excluding carboxylic acids is 3. The van der Waals surface area contributed by atoms with Gasteiger partial charge in [0.1, 0.15) is 12.1 Å². The minimum Gasteiger partial charge on any atom is -0.480 e. The second kappa shape index (κ2) is 9.45. The Hall–Kier alpha value is -2.74. The average molecular weight is 389 g/mol. The molecule has 1 aliphatic rings. The van der Waals surface area contributed by atoms with Gasteiger partial charge in [-0.05, 0) is 24.3 Å². The zero-order valence-corrected chi connectivity index (χ0v) is 16.1. The molecule has 0 radical (unpaired) electrons. The second-order valence-corrected chi connectivity index (χ2v) is 7.49. The van der Waals surface area contributed by atoms with Crippen molar-refractivity contribution >= 4 is 23.7 Å². The number of carbonyl (C=O) groups is 4. The molecule has 1 aromatic rings. The fraction of sp³-hybridized carbons (Fsp3) is 0.500. The largest absolute Gasteiger partial charge is 0.480 e. The number of nitrogens with zero attached hydrogens (tertiary/aromatic N) is 1. The lowest BCUT2D eigenvalue weighted by Gasteiger charge is -2.31. The van der Waals surface area contributed by atoms with Crippen LogP contribution in [0.3, 0.4) is 0 Å². The SMILES string of the molecule is CC(C)CC(N)C(=O)N(C(=O)C1CCC(=O)N1)C(Cc1ccccc1)C(=O)O. The summed E-state index contributed by atoms with van der Waals surface area (Å²) in [5, 5.41) is 12.3. The van der Waals surface area contributed by atoms with Gasteiger partial charge < -0.3 is 16.2 Å². The smallest absolute Gasteiger partial charge is 0.327 e. The van der Waals surface area contributed by atoms with Gasteiger partial charge in [0.15, 0.2) is 0 Å². The molecule has 3 unspecified atom stereocenters. The first-order valence-corrected chi connectivity index (χ1v) is 9.39. The zero-order chi connectivity index (χ0) is 20.8. The van der Waals surface area contributed by atoms with Gasteiger partial charge in [-0.25, -0.2) is 4.79 Å². The van der Waals surface area contributed by atoms with Crippen LogP contribution in [-0.4, -0.2) is 51.8 Å². The molecule has 0 spiro atoms. The van der Waals surface area contributed by atoms with Gasteiger partial charge in [-0.15, -0.1) is 0 Å². The van der Waals surface area contributed by atoms with E-state index in [2.05, 4.69) is 5.32 Å². The van der Waals surface area contributed by atoms with Crippen molar-refractivity contribution in [2.45, 2.75) is 57.7 Å². The lowest BCUT2D eigenvalue weighted by Crippen LogP contribution is -2.59. The Bertz CT molecular complexity index is 735. The Balaban J connectivity index is 2.35. The number of hydrogen-bond donors (Lipinski definition) is 3. The number of aliphatic carboxylic acids is 1. The number of nitrogens with two attached hydrogens (primary N) is 1. The molecular weight excluding hydrogens is 362 g/mol. The highest BCUT2D eigenvalue weighted by atomic mass is 16.4. The first kappa shape index (κ1) is 21.6.